The Morgan fingerprint density at radius 1 is 1.09 bits per heavy atom. The summed E-state index contributed by atoms with van der Waals surface area (Å²) in [5, 5.41) is 2.37. The summed E-state index contributed by atoms with van der Waals surface area (Å²) in [4.78, 5) is 13.6. The number of morpholine rings is 1. The third-order valence-electron chi connectivity index (χ3n) is 4.84. The van der Waals surface area contributed by atoms with Crippen molar-refractivity contribution in [2.75, 3.05) is 50.6 Å². The number of ether oxygens (including phenoxy) is 1. The van der Waals surface area contributed by atoms with Gasteiger partial charge in [-0.15, -0.1) is 0 Å². The zero-order chi connectivity index (χ0) is 23.7. The SMILES string of the molecule is CN(C)c1ccc(C(F)(F)F)cc1NC(=O)c1ccc(F)c(S(=O)(=O)N2CCOCC2)c1. The van der Waals surface area contributed by atoms with Gasteiger partial charge in [0.05, 0.1) is 30.2 Å². The second-order valence-corrected chi connectivity index (χ2v) is 9.15. The van der Waals surface area contributed by atoms with Crippen LogP contribution in [-0.4, -0.2) is 59.0 Å². The second kappa shape index (κ2) is 9.04. The minimum absolute atomic E-state index is 0.0363. The molecule has 2 aromatic carbocycles. The van der Waals surface area contributed by atoms with Crippen LogP contribution in [-0.2, 0) is 20.9 Å². The van der Waals surface area contributed by atoms with Crippen molar-refractivity contribution >= 4 is 27.3 Å². The van der Waals surface area contributed by atoms with Crippen LogP contribution in [0.4, 0.5) is 28.9 Å². The number of sulfonamides is 1. The van der Waals surface area contributed by atoms with Gasteiger partial charge in [0.25, 0.3) is 5.91 Å². The van der Waals surface area contributed by atoms with Crippen LogP contribution in [0.5, 0.6) is 0 Å². The number of carbonyl (C=O) groups is 1. The summed E-state index contributed by atoms with van der Waals surface area (Å²) in [5.41, 5.74) is -1.01. The molecule has 2 aromatic rings. The number of halogens is 4. The molecule has 1 heterocycles. The molecular formula is C20H21F4N3O4S. The first kappa shape index (κ1) is 24.0. The predicted molar refractivity (Wildman–Crippen MR) is 110 cm³/mol. The maximum Gasteiger partial charge on any atom is 0.416 e. The highest BCUT2D eigenvalue weighted by molar-refractivity contribution is 7.89. The molecule has 174 valence electrons. The molecule has 1 N–H and O–H groups in total. The smallest absolute Gasteiger partial charge is 0.379 e. The highest BCUT2D eigenvalue weighted by Crippen LogP contribution is 2.35. The van der Waals surface area contributed by atoms with Crippen molar-refractivity contribution in [2.45, 2.75) is 11.1 Å². The summed E-state index contributed by atoms with van der Waals surface area (Å²) < 4.78 is 85.5. The van der Waals surface area contributed by atoms with E-state index in [4.69, 9.17) is 4.74 Å². The number of nitrogens with one attached hydrogen (secondary N) is 1. The molecule has 1 fully saturated rings. The van der Waals surface area contributed by atoms with Crippen LogP contribution in [0, 0.1) is 5.82 Å². The lowest BCUT2D eigenvalue weighted by molar-refractivity contribution is -0.137. The van der Waals surface area contributed by atoms with Crippen LogP contribution < -0.4 is 10.2 Å². The number of rotatable bonds is 5. The number of benzene rings is 2. The molecule has 0 spiro atoms. The van der Waals surface area contributed by atoms with Gasteiger partial charge in [0.2, 0.25) is 10.0 Å². The highest BCUT2D eigenvalue weighted by Gasteiger charge is 2.32. The standard InChI is InChI=1S/C20H21F4N3O4S/c1-26(2)17-6-4-14(20(22,23)24)12-16(17)25-19(28)13-3-5-15(21)18(11-13)32(29,30)27-7-9-31-10-8-27/h3-6,11-12H,7-10H2,1-2H3,(H,25,28). The lowest BCUT2D eigenvalue weighted by Crippen LogP contribution is -2.41. The highest BCUT2D eigenvalue weighted by atomic mass is 32.2. The third-order valence-corrected chi connectivity index (χ3v) is 6.75. The number of hydrogen-bond donors (Lipinski definition) is 1. The van der Waals surface area contributed by atoms with Gasteiger partial charge in [-0.25, -0.2) is 12.8 Å². The van der Waals surface area contributed by atoms with Crippen molar-refractivity contribution < 1.29 is 35.5 Å². The number of amides is 1. The monoisotopic (exact) mass is 475 g/mol. The molecule has 1 amide bonds. The zero-order valence-electron chi connectivity index (χ0n) is 17.2. The zero-order valence-corrected chi connectivity index (χ0v) is 18.1. The van der Waals surface area contributed by atoms with Crippen molar-refractivity contribution in [1.29, 1.82) is 0 Å². The summed E-state index contributed by atoms with van der Waals surface area (Å²) in [5.74, 6) is -1.92. The molecule has 1 saturated heterocycles. The van der Waals surface area contributed by atoms with Gasteiger partial charge in [-0.05, 0) is 36.4 Å². The number of nitrogens with zero attached hydrogens (tertiary/aromatic N) is 2. The van der Waals surface area contributed by atoms with Crippen LogP contribution in [0.1, 0.15) is 15.9 Å². The van der Waals surface area contributed by atoms with Gasteiger partial charge >= 0.3 is 6.18 Å². The van der Waals surface area contributed by atoms with E-state index in [1.807, 2.05) is 0 Å². The van der Waals surface area contributed by atoms with Crippen molar-refractivity contribution in [1.82, 2.24) is 4.31 Å². The molecular weight excluding hydrogens is 454 g/mol. The maximum atomic E-state index is 14.4. The fourth-order valence-electron chi connectivity index (χ4n) is 3.17. The van der Waals surface area contributed by atoms with Gasteiger partial charge in [-0.2, -0.15) is 17.5 Å². The van der Waals surface area contributed by atoms with E-state index in [2.05, 4.69) is 5.32 Å². The molecule has 12 heteroatoms. The molecule has 1 aliphatic rings. The quantitative estimate of drug-likeness (QED) is 0.673. The van der Waals surface area contributed by atoms with Crippen LogP contribution in [0.25, 0.3) is 0 Å². The van der Waals surface area contributed by atoms with E-state index >= 15 is 0 Å². The molecule has 1 aliphatic heterocycles. The predicted octanol–water partition coefficient (Wildman–Crippen LogP) is 3.18. The van der Waals surface area contributed by atoms with E-state index in [1.165, 1.54) is 11.0 Å². The summed E-state index contributed by atoms with van der Waals surface area (Å²) in [7, 11) is -1.05. The Balaban J connectivity index is 1.95. The van der Waals surface area contributed by atoms with Crippen LogP contribution in [0.2, 0.25) is 0 Å². The molecule has 3 rings (SSSR count). The normalized spacial score (nSPS) is 15.4. The topological polar surface area (TPSA) is 79.0 Å². The van der Waals surface area contributed by atoms with Gasteiger partial charge in [-0.1, -0.05) is 0 Å². The Morgan fingerprint density at radius 2 is 1.75 bits per heavy atom. The van der Waals surface area contributed by atoms with Crippen LogP contribution >= 0.6 is 0 Å². The molecule has 0 saturated carbocycles. The fourth-order valence-corrected chi connectivity index (χ4v) is 4.66. The van der Waals surface area contributed by atoms with Crippen molar-refractivity contribution in [3.63, 3.8) is 0 Å². The molecule has 0 radical (unpaired) electrons. The van der Waals surface area contributed by atoms with Gasteiger partial charge in [0, 0.05) is 32.7 Å². The van der Waals surface area contributed by atoms with Crippen molar-refractivity contribution in [3.05, 3.63) is 53.3 Å². The van der Waals surface area contributed by atoms with E-state index in [1.54, 1.807) is 14.1 Å². The second-order valence-electron chi connectivity index (χ2n) is 7.24. The maximum absolute atomic E-state index is 14.4. The first-order chi connectivity index (χ1) is 14.9. The lowest BCUT2D eigenvalue weighted by Gasteiger charge is -2.26. The van der Waals surface area contributed by atoms with E-state index in [-0.39, 0.29) is 37.6 Å². The Morgan fingerprint density at radius 3 is 2.34 bits per heavy atom. The van der Waals surface area contributed by atoms with Gasteiger partial charge in [0.15, 0.2) is 0 Å². The minimum Gasteiger partial charge on any atom is -0.379 e. The molecule has 7 nitrogen and oxygen atoms in total. The van der Waals surface area contributed by atoms with Crippen LogP contribution in [0.15, 0.2) is 41.3 Å². The average molecular weight is 475 g/mol. The molecule has 0 bridgehead atoms. The molecule has 0 aliphatic carbocycles. The lowest BCUT2D eigenvalue weighted by atomic mass is 10.1. The van der Waals surface area contributed by atoms with E-state index in [0.29, 0.717) is 5.69 Å². The van der Waals surface area contributed by atoms with Crippen LogP contribution in [0.3, 0.4) is 0 Å². The number of hydrogen-bond acceptors (Lipinski definition) is 5. The molecule has 0 atom stereocenters. The number of alkyl halides is 3. The van der Waals surface area contributed by atoms with Gasteiger partial charge in [-0.3, -0.25) is 4.79 Å². The van der Waals surface area contributed by atoms with E-state index < -0.39 is 38.4 Å². The van der Waals surface area contributed by atoms with E-state index in [9.17, 15) is 30.8 Å². The summed E-state index contributed by atoms with van der Waals surface area (Å²) in [6.45, 7) is 0.386. The molecule has 0 aromatic heterocycles. The first-order valence-electron chi connectivity index (χ1n) is 9.48. The summed E-state index contributed by atoms with van der Waals surface area (Å²) in [6, 6.07) is 5.64. The Kier molecular flexibility index (Phi) is 6.77. The Hall–Kier alpha value is -2.70. The van der Waals surface area contributed by atoms with E-state index in [0.717, 1.165) is 34.6 Å². The number of carbonyl (C=O) groups excluding carboxylic acids is 1. The van der Waals surface area contributed by atoms with Gasteiger partial charge in [0.1, 0.15) is 10.7 Å². The van der Waals surface area contributed by atoms with Crippen molar-refractivity contribution in [3.8, 4) is 0 Å². The minimum atomic E-state index is -4.63. The third kappa shape index (κ3) is 5.03. The summed E-state index contributed by atoms with van der Waals surface area (Å²) >= 11 is 0. The summed E-state index contributed by atoms with van der Waals surface area (Å²) in [6.07, 6.45) is -4.63. The van der Waals surface area contributed by atoms with Crippen molar-refractivity contribution in [2.24, 2.45) is 0 Å². The first-order valence-corrected chi connectivity index (χ1v) is 10.9. The molecule has 32 heavy (non-hydrogen) atoms. The number of anilines is 2. The Bertz CT molecular complexity index is 1110. The largest absolute Gasteiger partial charge is 0.416 e. The Labute approximate surface area is 182 Å². The molecule has 0 unspecified atom stereocenters. The van der Waals surface area contributed by atoms with Gasteiger partial charge < -0.3 is 15.0 Å². The average Bonchev–Trinajstić information content (AvgIpc) is 2.73. The fraction of sp³-hybridized carbons (Fsp3) is 0.350.